The molecule has 0 spiro atoms. The molecule has 0 saturated carbocycles. The fourth-order valence-corrected chi connectivity index (χ4v) is 4.34. The van der Waals surface area contributed by atoms with E-state index in [1.54, 1.807) is 18.2 Å². The predicted molar refractivity (Wildman–Crippen MR) is 102 cm³/mol. The normalized spacial score (nSPS) is 14.8. The molecule has 3 rings (SSSR count). The zero-order valence-corrected chi connectivity index (χ0v) is 15.1. The molecule has 0 bridgehead atoms. The van der Waals surface area contributed by atoms with Crippen LogP contribution in [0.2, 0.25) is 0 Å². The Labute approximate surface area is 152 Å². The molecule has 7 nitrogen and oxygen atoms in total. The lowest BCUT2D eigenvalue weighted by molar-refractivity contribution is -0.385. The molecule has 0 aliphatic carbocycles. The molecule has 1 fully saturated rings. The van der Waals surface area contributed by atoms with Gasteiger partial charge in [-0.05, 0) is 43.5 Å². The monoisotopic (exact) mass is 375 g/mol. The van der Waals surface area contributed by atoms with E-state index in [1.165, 1.54) is 37.5 Å². The van der Waals surface area contributed by atoms with Crippen molar-refractivity contribution in [2.24, 2.45) is 0 Å². The minimum atomic E-state index is -3.75. The molecule has 1 N–H and O–H groups in total. The molecule has 0 amide bonds. The summed E-state index contributed by atoms with van der Waals surface area (Å²) in [6.07, 6.45) is 3.59. The third-order valence-electron chi connectivity index (χ3n) is 4.40. The number of nitro groups is 1. The smallest absolute Gasteiger partial charge is 0.273 e. The molecule has 1 saturated heterocycles. The Morgan fingerprint density at radius 3 is 2.31 bits per heavy atom. The van der Waals surface area contributed by atoms with Gasteiger partial charge in [-0.3, -0.25) is 14.8 Å². The predicted octanol–water partition coefficient (Wildman–Crippen LogP) is 3.53. The fraction of sp³-hybridized carbons (Fsp3) is 0.333. The van der Waals surface area contributed by atoms with Crippen molar-refractivity contribution < 1.29 is 13.3 Å². The van der Waals surface area contributed by atoms with Gasteiger partial charge < -0.3 is 4.90 Å². The molecular weight excluding hydrogens is 354 g/mol. The van der Waals surface area contributed by atoms with Gasteiger partial charge in [-0.15, -0.1) is 0 Å². The second-order valence-electron chi connectivity index (χ2n) is 6.34. The number of para-hydroxylation sites is 1. The van der Waals surface area contributed by atoms with Crippen molar-refractivity contribution >= 4 is 27.1 Å². The van der Waals surface area contributed by atoms with E-state index in [0.29, 0.717) is 5.69 Å². The van der Waals surface area contributed by atoms with Gasteiger partial charge in [-0.25, -0.2) is 8.42 Å². The van der Waals surface area contributed by atoms with Gasteiger partial charge in [0.1, 0.15) is 5.75 Å². The summed E-state index contributed by atoms with van der Waals surface area (Å²) in [6, 6.07) is 13.1. The van der Waals surface area contributed by atoms with Gasteiger partial charge >= 0.3 is 0 Å². The Bertz CT molecular complexity index is 876. The van der Waals surface area contributed by atoms with Crippen LogP contribution in [0.1, 0.15) is 24.8 Å². The first-order chi connectivity index (χ1) is 12.4. The van der Waals surface area contributed by atoms with Gasteiger partial charge in [0.2, 0.25) is 10.0 Å². The molecule has 138 valence electrons. The van der Waals surface area contributed by atoms with E-state index in [1.807, 2.05) is 12.1 Å². The van der Waals surface area contributed by atoms with Crippen LogP contribution in [0.25, 0.3) is 0 Å². The number of hydrogen-bond donors (Lipinski definition) is 1. The first-order valence-electron chi connectivity index (χ1n) is 8.52. The third kappa shape index (κ3) is 4.51. The zero-order valence-electron chi connectivity index (χ0n) is 14.3. The molecule has 1 aliphatic rings. The molecular formula is C18H21N3O4S. The first kappa shape index (κ1) is 18.2. The number of hydrogen-bond acceptors (Lipinski definition) is 5. The van der Waals surface area contributed by atoms with Crippen LogP contribution in [-0.2, 0) is 15.8 Å². The molecule has 1 heterocycles. The van der Waals surface area contributed by atoms with Gasteiger partial charge in [0, 0.05) is 36.1 Å². The lowest BCUT2D eigenvalue weighted by Gasteiger charge is -2.28. The maximum atomic E-state index is 12.4. The number of rotatable bonds is 6. The van der Waals surface area contributed by atoms with E-state index in [4.69, 9.17) is 0 Å². The highest BCUT2D eigenvalue weighted by atomic mass is 32.2. The molecule has 8 heteroatoms. The summed E-state index contributed by atoms with van der Waals surface area (Å²) in [5.41, 5.74) is 1.49. The van der Waals surface area contributed by atoms with Crippen molar-refractivity contribution in [3.05, 3.63) is 64.2 Å². The highest BCUT2D eigenvalue weighted by molar-refractivity contribution is 7.91. The Kier molecular flexibility index (Phi) is 5.41. The van der Waals surface area contributed by atoms with E-state index in [2.05, 4.69) is 9.62 Å². The van der Waals surface area contributed by atoms with E-state index >= 15 is 0 Å². The summed E-state index contributed by atoms with van der Waals surface area (Å²) in [5, 5.41) is 11.0. The summed E-state index contributed by atoms with van der Waals surface area (Å²) in [5.74, 6) is -0.446. The number of nitrogens with one attached hydrogen (secondary N) is 1. The molecule has 2 aromatic carbocycles. The Balaban J connectivity index is 1.70. The average molecular weight is 375 g/mol. The molecule has 0 aromatic heterocycles. The Morgan fingerprint density at radius 1 is 1.00 bits per heavy atom. The van der Waals surface area contributed by atoms with Gasteiger partial charge in [-0.2, -0.15) is 0 Å². The fourth-order valence-electron chi connectivity index (χ4n) is 3.12. The number of nitrogens with zero attached hydrogens (tertiary/aromatic N) is 2. The molecule has 0 atom stereocenters. The lowest BCUT2D eigenvalue weighted by atomic mass is 10.1. The standard InChI is InChI=1S/C18H21N3O4S/c22-21(23)18-7-3-2-6-15(18)14-26(24,25)19-16-8-10-17(11-9-16)20-12-4-1-5-13-20/h2-3,6-11,19H,1,4-5,12-14H2. The summed E-state index contributed by atoms with van der Waals surface area (Å²) in [6.45, 7) is 2.03. The van der Waals surface area contributed by atoms with Crippen LogP contribution in [0, 0.1) is 10.1 Å². The van der Waals surface area contributed by atoms with Gasteiger partial charge in [0.15, 0.2) is 0 Å². The second kappa shape index (κ2) is 7.74. The van der Waals surface area contributed by atoms with Crippen LogP contribution >= 0.6 is 0 Å². The van der Waals surface area contributed by atoms with E-state index in [0.717, 1.165) is 18.8 Å². The van der Waals surface area contributed by atoms with E-state index in [-0.39, 0.29) is 11.3 Å². The van der Waals surface area contributed by atoms with E-state index < -0.39 is 20.7 Å². The topological polar surface area (TPSA) is 92.5 Å². The number of nitro benzene ring substituents is 1. The largest absolute Gasteiger partial charge is 0.372 e. The van der Waals surface area contributed by atoms with Crippen molar-refractivity contribution in [1.29, 1.82) is 0 Å². The van der Waals surface area contributed by atoms with Crippen LogP contribution in [0.5, 0.6) is 0 Å². The van der Waals surface area contributed by atoms with Gasteiger partial charge in [0.25, 0.3) is 5.69 Å². The molecule has 1 aliphatic heterocycles. The molecule has 26 heavy (non-hydrogen) atoms. The lowest BCUT2D eigenvalue weighted by Crippen LogP contribution is -2.29. The van der Waals surface area contributed by atoms with Crippen molar-refractivity contribution in [3.63, 3.8) is 0 Å². The van der Waals surface area contributed by atoms with Crippen molar-refractivity contribution in [2.45, 2.75) is 25.0 Å². The first-order valence-corrected chi connectivity index (χ1v) is 10.2. The molecule has 0 unspecified atom stereocenters. The van der Waals surface area contributed by atoms with Crippen LogP contribution in [0.15, 0.2) is 48.5 Å². The number of benzene rings is 2. The van der Waals surface area contributed by atoms with Crippen molar-refractivity contribution in [2.75, 3.05) is 22.7 Å². The van der Waals surface area contributed by atoms with Gasteiger partial charge in [0.05, 0.1) is 4.92 Å². The quantitative estimate of drug-likeness (QED) is 0.616. The third-order valence-corrected chi connectivity index (χ3v) is 5.63. The van der Waals surface area contributed by atoms with E-state index in [9.17, 15) is 18.5 Å². The zero-order chi connectivity index (χ0) is 18.6. The van der Waals surface area contributed by atoms with Crippen molar-refractivity contribution in [3.8, 4) is 0 Å². The van der Waals surface area contributed by atoms with Crippen molar-refractivity contribution in [1.82, 2.24) is 0 Å². The highest BCUT2D eigenvalue weighted by Gasteiger charge is 2.20. The summed E-state index contributed by atoms with van der Waals surface area (Å²) in [7, 11) is -3.75. The number of piperidine rings is 1. The van der Waals surface area contributed by atoms with Crippen LogP contribution in [-0.4, -0.2) is 26.4 Å². The second-order valence-corrected chi connectivity index (χ2v) is 8.06. The summed E-state index contributed by atoms with van der Waals surface area (Å²) in [4.78, 5) is 12.8. The highest BCUT2D eigenvalue weighted by Crippen LogP contribution is 2.24. The summed E-state index contributed by atoms with van der Waals surface area (Å²) < 4.78 is 27.3. The minimum absolute atomic E-state index is 0.162. The maximum absolute atomic E-state index is 12.4. The van der Waals surface area contributed by atoms with Crippen LogP contribution in [0.4, 0.5) is 17.1 Å². The SMILES string of the molecule is O=[N+]([O-])c1ccccc1CS(=O)(=O)Nc1ccc(N2CCCCC2)cc1. The number of sulfonamides is 1. The Morgan fingerprint density at radius 2 is 1.65 bits per heavy atom. The maximum Gasteiger partial charge on any atom is 0.273 e. The van der Waals surface area contributed by atoms with Crippen LogP contribution < -0.4 is 9.62 Å². The Hall–Kier alpha value is -2.61. The molecule has 2 aromatic rings. The average Bonchev–Trinajstić information content (AvgIpc) is 2.62. The molecule has 0 radical (unpaired) electrons. The van der Waals surface area contributed by atoms with Gasteiger partial charge in [-0.1, -0.05) is 18.2 Å². The van der Waals surface area contributed by atoms with Crippen LogP contribution in [0.3, 0.4) is 0 Å². The number of anilines is 2. The summed E-state index contributed by atoms with van der Waals surface area (Å²) >= 11 is 0. The minimum Gasteiger partial charge on any atom is -0.372 e.